The van der Waals surface area contributed by atoms with Gasteiger partial charge in [0.2, 0.25) is 5.91 Å². The highest BCUT2D eigenvalue weighted by atomic mass is 19.4. The minimum Gasteiger partial charge on any atom is -0.338 e. The first-order valence-electron chi connectivity index (χ1n) is 7.00. The summed E-state index contributed by atoms with van der Waals surface area (Å²) in [6, 6.07) is 14.3. The van der Waals surface area contributed by atoms with Crippen LogP contribution in [0.1, 0.15) is 16.7 Å². The highest BCUT2D eigenvalue weighted by molar-refractivity contribution is 5.91. The second-order valence-corrected chi connectivity index (χ2v) is 5.14. The first-order valence-corrected chi connectivity index (χ1v) is 7.00. The highest BCUT2D eigenvalue weighted by Gasteiger charge is 2.30. The molecule has 0 heterocycles. The van der Waals surface area contributed by atoms with Crippen LogP contribution < -0.4 is 0 Å². The predicted molar refractivity (Wildman–Crippen MR) is 83.4 cm³/mol. The van der Waals surface area contributed by atoms with Crippen LogP contribution in [-0.2, 0) is 17.5 Å². The number of carbonyl (C=O) groups is 1. The van der Waals surface area contributed by atoms with Gasteiger partial charge in [0.1, 0.15) is 0 Å². The van der Waals surface area contributed by atoms with Gasteiger partial charge in [0, 0.05) is 19.7 Å². The molecule has 2 aromatic carbocycles. The van der Waals surface area contributed by atoms with Crippen molar-refractivity contribution < 1.29 is 18.0 Å². The van der Waals surface area contributed by atoms with E-state index in [1.807, 2.05) is 30.3 Å². The molecule has 0 aliphatic carbocycles. The molecule has 1 amide bonds. The molecule has 0 spiro atoms. The lowest BCUT2D eigenvalue weighted by molar-refractivity contribution is -0.137. The third-order valence-corrected chi connectivity index (χ3v) is 3.27. The summed E-state index contributed by atoms with van der Waals surface area (Å²) in [4.78, 5) is 13.4. The lowest BCUT2D eigenvalue weighted by Gasteiger charge is -2.16. The average Bonchev–Trinajstić information content (AvgIpc) is 2.53. The van der Waals surface area contributed by atoms with Crippen molar-refractivity contribution >= 4 is 12.0 Å². The van der Waals surface area contributed by atoms with Crippen LogP contribution in [-0.4, -0.2) is 17.9 Å². The Bertz CT molecular complexity index is 693. The molecule has 5 heteroatoms. The average molecular weight is 319 g/mol. The third-order valence-electron chi connectivity index (χ3n) is 3.27. The second kappa shape index (κ2) is 7.13. The van der Waals surface area contributed by atoms with Crippen molar-refractivity contribution in [2.75, 3.05) is 7.05 Å². The van der Waals surface area contributed by atoms with E-state index in [1.165, 1.54) is 17.0 Å². The van der Waals surface area contributed by atoms with Crippen molar-refractivity contribution in [3.05, 3.63) is 77.4 Å². The minimum absolute atomic E-state index is 0.113. The predicted octanol–water partition coefficient (Wildman–Crippen LogP) is 4.38. The summed E-state index contributed by atoms with van der Waals surface area (Å²) in [5.74, 6) is -0.272. The fourth-order valence-corrected chi connectivity index (χ4v) is 2.06. The number of hydrogen-bond donors (Lipinski definition) is 0. The largest absolute Gasteiger partial charge is 0.416 e. The van der Waals surface area contributed by atoms with Gasteiger partial charge in [0.15, 0.2) is 0 Å². The van der Waals surface area contributed by atoms with Gasteiger partial charge < -0.3 is 4.90 Å². The van der Waals surface area contributed by atoms with E-state index in [0.29, 0.717) is 5.56 Å². The molecule has 0 unspecified atom stereocenters. The van der Waals surface area contributed by atoms with Gasteiger partial charge in [-0.2, -0.15) is 13.2 Å². The van der Waals surface area contributed by atoms with E-state index in [-0.39, 0.29) is 12.5 Å². The molecule has 2 rings (SSSR count). The van der Waals surface area contributed by atoms with Crippen molar-refractivity contribution in [3.8, 4) is 0 Å². The number of halogens is 3. The number of hydrogen-bond acceptors (Lipinski definition) is 1. The lowest BCUT2D eigenvalue weighted by atomic mass is 10.1. The molecular weight excluding hydrogens is 303 g/mol. The number of alkyl halides is 3. The number of rotatable bonds is 4. The zero-order chi connectivity index (χ0) is 16.9. The monoisotopic (exact) mass is 319 g/mol. The van der Waals surface area contributed by atoms with E-state index in [9.17, 15) is 18.0 Å². The van der Waals surface area contributed by atoms with E-state index < -0.39 is 11.7 Å². The molecule has 0 aliphatic heterocycles. The van der Waals surface area contributed by atoms with Crippen LogP contribution in [0.5, 0.6) is 0 Å². The van der Waals surface area contributed by atoms with Crippen LogP contribution in [0.15, 0.2) is 60.7 Å². The molecule has 0 aromatic heterocycles. The van der Waals surface area contributed by atoms with E-state index in [4.69, 9.17) is 0 Å². The quantitative estimate of drug-likeness (QED) is 0.766. The van der Waals surface area contributed by atoms with Crippen molar-refractivity contribution in [3.63, 3.8) is 0 Å². The van der Waals surface area contributed by atoms with Gasteiger partial charge in [-0.15, -0.1) is 0 Å². The topological polar surface area (TPSA) is 20.3 Å². The van der Waals surface area contributed by atoms with Gasteiger partial charge in [0.25, 0.3) is 0 Å². The Morgan fingerprint density at radius 2 is 1.78 bits per heavy atom. The summed E-state index contributed by atoms with van der Waals surface area (Å²) in [5, 5.41) is 0. The Kier molecular flexibility index (Phi) is 5.21. The zero-order valence-corrected chi connectivity index (χ0v) is 12.5. The maximum atomic E-state index is 12.7. The lowest BCUT2D eigenvalue weighted by Crippen LogP contribution is -2.24. The summed E-state index contributed by atoms with van der Waals surface area (Å²) in [7, 11) is 1.55. The molecule has 23 heavy (non-hydrogen) atoms. The molecular formula is C18H16F3NO. The number of benzene rings is 2. The summed E-state index contributed by atoms with van der Waals surface area (Å²) in [6.45, 7) is 0.113. The zero-order valence-electron chi connectivity index (χ0n) is 12.5. The Labute approximate surface area is 132 Å². The van der Waals surface area contributed by atoms with Crippen LogP contribution >= 0.6 is 0 Å². The standard InChI is InChI=1S/C18H16F3NO/c1-22(17(23)11-10-14-6-3-2-4-7-14)13-15-8-5-9-16(12-15)18(19,20)21/h2-12H,13H2,1H3/b11-10+. The first-order chi connectivity index (χ1) is 10.9. The molecule has 0 atom stereocenters. The number of likely N-dealkylation sites (N-methyl/N-ethyl adjacent to an activating group) is 1. The number of nitrogens with zero attached hydrogens (tertiary/aromatic N) is 1. The summed E-state index contributed by atoms with van der Waals surface area (Å²) in [5.41, 5.74) is 0.604. The van der Waals surface area contributed by atoms with Gasteiger partial charge in [0.05, 0.1) is 5.56 Å². The Hall–Kier alpha value is -2.56. The maximum absolute atomic E-state index is 12.7. The first kappa shape index (κ1) is 16.8. The Morgan fingerprint density at radius 3 is 2.43 bits per heavy atom. The molecule has 0 saturated carbocycles. The summed E-state index contributed by atoms with van der Waals surface area (Å²) >= 11 is 0. The van der Waals surface area contributed by atoms with Crippen molar-refractivity contribution in [1.29, 1.82) is 0 Å². The summed E-state index contributed by atoms with van der Waals surface area (Å²) < 4.78 is 38.0. The SMILES string of the molecule is CN(Cc1cccc(C(F)(F)F)c1)C(=O)/C=C/c1ccccc1. The Balaban J connectivity index is 2.03. The normalized spacial score (nSPS) is 11.7. The van der Waals surface area contributed by atoms with Gasteiger partial charge in [-0.25, -0.2) is 0 Å². The van der Waals surface area contributed by atoms with Crippen molar-refractivity contribution in [2.24, 2.45) is 0 Å². The molecule has 0 aliphatic rings. The van der Waals surface area contributed by atoms with Crippen LogP contribution in [0, 0.1) is 0 Å². The van der Waals surface area contributed by atoms with Crippen LogP contribution in [0.25, 0.3) is 6.08 Å². The fourth-order valence-electron chi connectivity index (χ4n) is 2.06. The van der Waals surface area contributed by atoms with Crippen LogP contribution in [0.2, 0.25) is 0 Å². The third kappa shape index (κ3) is 4.98. The smallest absolute Gasteiger partial charge is 0.338 e. The van der Waals surface area contributed by atoms with E-state index >= 15 is 0 Å². The van der Waals surface area contributed by atoms with Crippen molar-refractivity contribution in [1.82, 2.24) is 4.90 Å². The highest BCUT2D eigenvalue weighted by Crippen LogP contribution is 2.29. The Morgan fingerprint density at radius 1 is 1.09 bits per heavy atom. The van der Waals surface area contributed by atoms with Crippen LogP contribution in [0.3, 0.4) is 0 Å². The maximum Gasteiger partial charge on any atom is 0.416 e. The molecule has 0 saturated heterocycles. The fraction of sp³-hybridized carbons (Fsp3) is 0.167. The molecule has 2 aromatic rings. The van der Waals surface area contributed by atoms with Gasteiger partial charge in [-0.1, -0.05) is 42.5 Å². The molecule has 0 N–H and O–H groups in total. The second-order valence-electron chi connectivity index (χ2n) is 5.14. The molecule has 0 radical (unpaired) electrons. The van der Waals surface area contributed by atoms with Crippen molar-refractivity contribution in [2.45, 2.75) is 12.7 Å². The van der Waals surface area contributed by atoms with Gasteiger partial charge >= 0.3 is 6.18 Å². The van der Waals surface area contributed by atoms with Gasteiger partial charge in [-0.3, -0.25) is 4.79 Å². The molecule has 0 bridgehead atoms. The number of amides is 1. The van der Waals surface area contributed by atoms with Crippen LogP contribution in [0.4, 0.5) is 13.2 Å². The van der Waals surface area contributed by atoms with E-state index in [1.54, 1.807) is 19.2 Å². The minimum atomic E-state index is -4.38. The number of carbonyl (C=O) groups excluding carboxylic acids is 1. The van der Waals surface area contributed by atoms with E-state index in [0.717, 1.165) is 17.7 Å². The van der Waals surface area contributed by atoms with E-state index in [2.05, 4.69) is 0 Å². The molecule has 2 nitrogen and oxygen atoms in total. The van der Waals surface area contributed by atoms with Gasteiger partial charge in [-0.05, 0) is 29.3 Å². The molecule has 0 fully saturated rings. The summed E-state index contributed by atoms with van der Waals surface area (Å²) in [6.07, 6.45) is -1.31. The molecule has 120 valence electrons.